The van der Waals surface area contributed by atoms with Crippen molar-refractivity contribution in [3.8, 4) is 5.75 Å². The highest BCUT2D eigenvalue weighted by molar-refractivity contribution is 7.99. The van der Waals surface area contributed by atoms with Gasteiger partial charge in [-0.25, -0.2) is 0 Å². The van der Waals surface area contributed by atoms with Crippen molar-refractivity contribution < 1.29 is 14.3 Å². The molecule has 0 unspecified atom stereocenters. The molecule has 1 heterocycles. The van der Waals surface area contributed by atoms with E-state index in [-0.39, 0.29) is 30.3 Å². The smallest absolute Gasteiger partial charge is 0.222 e. The van der Waals surface area contributed by atoms with Gasteiger partial charge in [-0.2, -0.15) is 0 Å². The number of thioether (sulfide) groups is 1. The maximum atomic E-state index is 12.7. The van der Waals surface area contributed by atoms with Crippen molar-refractivity contribution >= 4 is 23.6 Å². The third kappa shape index (κ3) is 5.04. The molecule has 0 radical (unpaired) electrons. The lowest BCUT2D eigenvalue weighted by Gasteiger charge is -2.27. The molecule has 0 bridgehead atoms. The molecular weight excluding hydrogens is 360 g/mol. The molecule has 0 spiro atoms. The normalized spacial score (nSPS) is 16.7. The molecule has 1 aliphatic heterocycles. The van der Waals surface area contributed by atoms with E-state index in [1.807, 2.05) is 48.2 Å². The molecule has 2 N–H and O–H groups in total. The van der Waals surface area contributed by atoms with Crippen molar-refractivity contribution in [2.45, 2.75) is 36.7 Å². The van der Waals surface area contributed by atoms with Gasteiger partial charge in [-0.15, -0.1) is 11.8 Å². The van der Waals surface area contributed by atoms with Gasteiger partial charge >= 0.3 is 0 Å². The molecule has 2 aromatic rings. The highest BCUT2D eigenvalue weighted by atomic mass is 32.2. The van der Waals surface area contributed by atoms with E-state index < -0.39 is 0 Å². The van der Waals surface area contributed by atoms with Crippen molar-refractivity contribution in [1.29, 1.82) is 0 Å². The largest absolute Gasteiger partial charge is 0.497 e. The molecule has 2 atom stereocenters. The second kappa shape index (κ2) is 8.95. The predicted molar refractivity (Wildman–Crippen MR) is 107 cm³/mol. The van der Waals surface area contributed by atoms with Crippen LogP contribution in [0.1, 0.15) is 43.0 Å². The number of methoxy groups -OCH3 is 1. The van der Waals surface area contributed by atoms with Gasteiger partial charge in [-0.3, -0.25) is 9.59 Å². The first-order valence-electron chi connectivity index (χ1n) is 8.99. The van der Waals surface area contributed by atoms with E-state index in [0.717, 1.165) is 23.5 Å². The zero-order valence-corrected chi connectivity index (χ0v) is 16.3. The first kappa shape index (κ1) is 19.3. The molecule has 2 amide bonds. The topological polar surface area (TPSA) is 67.4 Å². The van der Waals surface area contributed by atoms with Crippen LogP contribution in [0.25, 0.3) is 0 Å². The number of carbonyl (C=O) groups excluding carboxylic acids is 2. The maximum Gasteiger partial charge on any atom is 0.222 e. The van der Waals surface area contributed by atoms with Crippen LogP contribution in [0.3, 0.4) is 0 Å². The van der Waals surface area contributed by atoms with E-state index in [4.69, 9.17) is 4.74 Å². The number of amides is 2. The van der Waals surface area contributed by atoms with Gasteiger partial charge in [0.25, 0.3) is 0 Å². The Morgan fingerprint density at radius 3 is 2.63 bits per heavy atom. The molecule has 6 heteroatoms. The Balaban J connectivity index is 1.70. The molecule has 3 rings (SSSR count). The van der Waals surface area contributed by atoms with E-state index in [1.165, 1.54) is 17.4 Å². The first-order chi connectivity index (χ1) is 13.1. The minimum atomic E-state index is -0.374. The molecule has 0 aliphatic carbocycles. The number of nitrogens with one attached hydrogen (secondary N) is 2. The Morgan fingerprint density at radius 1 is 1.19 bits per heavy atom. The molecule has 0 aromatic heterocycles. The molecule has 2 aromatic carbocycles. The Morgan fingerprint density at radius 2 is 1.93 bits per heavy atom. The van der Waals surface area contributed by atoms with Crippen LogP contribution >= 0.6 is 11.8 Å². The molecule has 0 fully saturated rings. The Hall–Kier alpha value is -2.47. The minimum absolute atomic E-state index is 0.0174. The number of ether oxygens (including phenoxy) is 1. The number of carbonyl (C=O) groups is 2. The maximum absolute atomic E-state index is 12.7. The van der Waals surface area contributed by atoms with Crippen molar-refractivity contribution in [1.82, 2.24) is 10.6 Å². The highest BCUT2D eigenvalue weighted by Crippen LogP contribution is 2.36. The quantitative estimate of drug-likeness (QED) is 0.798. The number of hydrogen-bond donors (Lipinski definition) is 2. The van der Waals surface area contributed by atoms with Crippen molar-refractivity contribution in [3.05, 3.63) is 59.7 Å². The third-order valence-electron chi connectivity index (χ3n) is 4.58. The molecule has 0 saturated heterocycles. The van der Waals surface area contributed by atoms with Crippen molar-refractivity contribution in [2.24, 2.45) is 0 Å². The predicted octanol–water partition coefficient (Wildman–Crippen LogP) is 3.62. The minimum Gasteiger partial charge on any atom is -0.497 e. The number of hydrogen-bond acceptors (Lipinski definition) is 4. The molecule has 142 valence electrons. The van der Waals surface area contributed by atoms with Crippen LogP contribution < -0.4 is 15.4 Å². The zero-order valence-electron chi connectivity index (χ0n) is 15.5. The fourth-order valence-electron chi connectivity index (χ4n) is 3.26. The third-order valence-corrected chi connectivity index (χ3v) is 5.70. The first-order valence-corrected chi connectivity index (χ1v) is 9.97. The number of rotatable bonds is 6. The Kier molecular flexibility index (Phi) is 6.40. The summed E-state index contributed by atoms with van der Waals surface area (Å²) < 4.78 is 5.18. The van der Waals surface area contributed by atoms with Gasteiger partial charge < -0.3 is 15.4 Å². The van der Waals surface area contributed by atoms with Gasteiger partial charge in [-0.05, 0) is 35.7 Å². The summed E-state index contributed by atoms with van der Waals surface area (Å²) in [4.78, 5) is 25.6. The highest BCUT2D eigenvalue weighted by Gasteiger charge is 2.24. The van der Waals surface area contributed by atoms with Gasteiger partial charge in [-0.1, -0.05) is 30.3 Å². The number of benzene rings is 2. The summed E-state index contributed by atoms with van der Waals surface area (Å²) in [6.07, 6.45) is 1.10. The summed E-state index contributed by atoms with van der Waals surface area (Å²) in [7, 11) is 1.61. The Labute approximate surface area is 163 Å². The lowest BCUT2D eigenvalue weighted by molar-refractivity contribution is -0.123. The monoisotopic (exact) mass is 384 g/mol. The lowest BCUT2D eigenvalue weighted by Crippen LogP contribution is -2.35. The van der Waals surface area contributed by atoms with Crippen LogP contribution in [0.2, 0.25) is 0 Å². The summed E-state index contributed by atoms with van der Waals surface area (Å²) >= 11 is 1.82. The summed E-state index contributed by atoms with van der Waals surface area (Å²) in [5, 5.41) is 6.02. The SMILES string of the molecule is COc1ccc([C@@H](CC(=O)N[C@@H]2CCSc3ccccc32)NC(C)=O)cc1. The zero-order chi connectivity index (χ0) is 19.2. The van der Waals surface area contributed by atoms with Gasteiger partial charge in [0.15, 0.2) is 0 Å². The average molecular weight is 385 g/mol. The van der Waals surface area contributed by atoms with E-state index in [9.17, 15) is 9.59 Å². The van der Waals surface area contributed by atoms with Crippen LogP contribution in [0.4, 0.5) is 0 Å². The van der Waals surface area contributed by atoms with E-state index in [1.54, 1.807) is 7.11 Å². The van der Waals surface area contributed by atoms with Crippen molar-refractivity contribution in [2.75, 3.05) is 12.9 Å². The van der Waals surface area contributed by atoms with Crippen LogP contribution in [-0.4, -0.2) is 24.7 Å². The fraction of sp³-hybridized carbons (Fsp3) is 0.333. The summed E-state index contributed by atoms with van der Waals surface area (Å²) in [5.41, 5.74) is 2.04. The molecule has 5 nitrogen and oxygen atoms in total. The van der Waals surface area contributed by atoms with E-state index >= 15 is 0 Å². The summed E-state index contributed by atoms with van der Waals surface area (Å²) in [6, 6.07) is 15.2. The molecular formula is C21H24N2O3S. The lowest BCUT2D eigenvalue weighted by atomic mass is 10.0. The van der Waals surface area contributed by atoms with Crippen LogP contribution in [0.15, 0.2) is 53.4 Å². The fourth-order valence-corrected chi connectivity index (χ4v) is 4.39. The van der Waals surface area contributed by atoms with Crippen LogP contribution in [-0.2, 0) is 9.59 Å². The van der Waals surface area contributed by atoms with Crippen molar-refractivity contribution in [3.63, 3.8) is 0 Å². The molecule has 27 heavy (non-hydrogen) atoms. The second-order valence-corrected chi connectivity index (χ2v) is 7.66. The van der Waals surface area contributed by atoms with Gasteiger partial charge in [0, 0.05) is 17.6 Å². The van der Waals surface area contributed by atoms with Gasteiger partial charge in [0.1, 0.15) is 5.75 Å². The van der Waals surface area contributed by atoms with Crippen LogP contribution in [0, 0.1) is 0 Å². The van der Waals surface area contributed by atoms with Crippen LogP contribution in [0.5, 0.6) is 5.75 Å². The van der Waals surface area contributed by atoms with Gasteiger partial charge in [0.2, 0.25) is 11.8 Å². The van der Waals surface area contributed by atoms with Gasteiger partial charge in [0.05, 0.1) is 25.6 Å². The number of fused-ring (bicyclic) bond motifs is 1. The second-order valence-electron chi connectivity index (χ2n) is 6.53. The Bertz CT molecular complexity index is 807. The molecule has 0 saturated carbocycles. The van der Waals surface area contributed by atoms with E-state index in [0.29, 0.717) is 0 Å². The van der Waals surface area contributed by atoms with E-state index in [2.05, 4.69) is 22.8 Å². The summed E-state index contributed by atoms with van der Waals surface area (Å²) in [6.45, 7) is 1.46. The standard InChI is InChI=1S/C21H24N2O3S/c1-14(24)22-19(15-7-9-16(26-2)10-8-15)13-21(25)23-18-11-12-27-20-6-4-3-5-17(18)20/h3-10,18-19H,11-13H2,1-2H3,(H,22,24)(H,23,25)/t18-,19-/m1/s1. The summed E-state index contributed by atoms with van der Waals surface area (Å²) in [5.74, 6) is 1.48. The average Bonchev–Trinajstić information content (AvgIpc) is 2.67. The molecule has 1 aliphatic rings.